The molecule has 0 saturated carbocycles. The van der Waals surface area contributed by atoms with Gasteiger partial charge in [0.05, 0.1) is 19.4 Å². The SMILES string of the molecule is C[S-](=O)=N[C@](C)(C(N)=O)C(C)(C)c1cc2cc(c1)OCCCCOc1cc(F)ccc1-c1nc(ncc1F)N2. The Hall–Kier alpha value is -3.80. The summed E-state index contributed by atoms with van der Waals surface area (Å²) in [5.41, 5.74) is 4.55. The number of ether oxygens (including phenoxy) is 2. The molecular formula is C27H30F2N5O4S-. The second kappa shape index (κ2) is 11.1. The van der Waals surface area contributed by atoms with Gasteiger partial charge in [0.15, 0.2) is 5.82 Å². The standard InChI is InChI=1S/C27H30F2N5O4S/c1-26(2,27(3,24(30)35)34-39(4)36)16-11-18-14-19(12-16)37-9-5-6-10-38-22-13-17(28)7-8-20(22)23-21(29)15-31-25(32-18)33-23/h7-8,11-15H,5-6,9-10H2,1-4H3,(H2,30,35)(H,31,32,33)/q-1/t27-/m1/s1. The van der Waals surface area contributed by atoms with Crippen molar-refractivity contribution in [2.45, 2.75) is 44.6 Å². The molecule has 39 heavy (non-hydrogen) atoms. The molecule has 208 valence electrons. The Kier molecular flexibility index (Phi) is 8.05. The summed E-state index contributed by atoms with van der Waals surface area (Å²) < 4.78 is 56.9. The van der Waals surface area contributed by atoms with Crippen LogP contribution in [-0.2, 0) is 25.0 Å². The van der Waals surface area contributed by atoms with Crippen molar-refractivity contribution in [3.63, 3.8) is 0 Å². The van der Waals surface area contributed by atoms with E-state index in [1.165, 1.54) is 24.5 Å². The summed E-state index contributed by atoms with van der Waals surface area (Å²) in [5, 5.41) is 3.07. The Morgan fingerprint density at radius 3 is 2.51 bits per heavy atom. The Bertz CT molecular complexity index is 1490. The van der Waals surface area contributed by atoms with Gasteiger partial charge >= 0.3 is 0 Å². The first-order valence-electron chi connectivity index (χ1n) is 12.3. The average Bonchev–Trinajstić information content (AvgIpc) is 2.86. The molecule has 2 heterocycles. The topological polar surface area (TPSA) is 129 Å². The van der Waals surface area contributed by atoms with Crippen molar-refractivity contribution in [2.75, 3.05) is 24.8 Å². The van der Waals surface area contributed by atoms with Crippen LogP contribution in [0.1, 0.15) is 39.2 Å². The van der Waals surface area contributed by atoms with Crippen molar-refractivity contribution in [3.05, 3.63) is 59.8 Å². The van der Waals surface area contributed by atoms with Crippen molar-refractivity contribution in [3.8, 4) is 22.8 Å². The van der Waals surface area contributed by atoms with Crippen LogP contribution in [0.3, 0.4) is 0 Å². The van der Waals surface area contributed by atoms with Crippen molar-refractivity contribution in [1.29, 1.82) is 0 Å². The quantitative estimate of drug-likeness (QED) is 0.431. The third-order valence-electron chi connectivity index (χ3n) is 6.90. The average molecular weight is 559 g/mol. The first-order valence-corrected chi connectivity index (χ1v) is 13.8. The molecule has 9 nitrogen and oxygen atoms in total. The second-order valence-corrected chi connectivity index (χ2v) is 10.9. The van der Waals surface area contributed by atoms with Gasteiger partial charge in [0.2, 0.25) is 11.9 Å². The molecule has 1 atom stereocenters. The monoisotopic (exact) mass is 558 g/mol. The lowest BCUT2D eigenvalue weighted by molar-refractivity contribution is -0.124. The van der Waals surface area contributed by atoms with Gasteiger partial charge in [0.1, 0.15) is 28.5 Å². The fraction of sp³-hybridized carbons (Fsp3) is 0.370. The maximum Gasteiger partial charge on any atom is 0.243 e. The lowest BCUT2D eigenvalue weighted by Crippen LogP contribution is -2.53. The Morgan fingerprint density at radius 1 is 1.10 bits per heavy atom. The van der Waals surface area contributed by atoms with Gasteiger partial charge < -0.3 is 29.1 Å². The molecule has 3 aromatic rings. The maximum absolute atomic E-state index is 14.9. The second-order valence-electron chi connectivity index (χ2n) is 9.88. The van der Waals surface area contributed by atoms with Gasteiger partial charge in [0, 0.05) is 28.8 Å². The fourth-order valence-corrected chi connectivity index (χ4v) is 5.09. The molecule has 0 fully saturated rings. The Morgan fingerprint density at radius 2 is 1.82 bits per heavy atom. The minimum atomic E-state index is -1.66. The number of hydrogen-bond donors (Lipinski definition) is 2. The number of benzene rings is 2. The molecule has 0 radical (unpaired) electrons. The zero-order chi connectivity index (χ0) is 28.4. The predicted molar refractivity (Wildman–Crippen MR) is 144 cm³/mol. The molecule has 1 aromatic heterocycles. The molecule has 1 aliphatic heterocycles. The van der Waals surface area contributed by atoms with Gasteiger partial charge in [-0.05, 0) is 49.6 Å². The highest BCUT2D eigenvalue weighted by Crippen LogP contribution is 2.41. The van der Waals surface area contributed by atoms with Crippen LogP contribution in [0.4, 0.5) is 20.4 Å². The van der Waals surface area contributed by atoms with Crippen molar-refractivity contribution >= 4 is 28.1 Å². The minimum absolute atomic E-state index is 0.0594. The van der Waals surface area contributed by atoms with E-state index in [0.717, 1.165) is 6.20 Å². The smallest absolute Gasteiger partial charge is 0.243 e. The van der Waals surface area contributed by atoms with Gasteiger partial charge in [-0.1, -0.05) is 13.8 Å². The van der Waals surface area contributed by atoms with E-state index in [1.54, 1.807) is 39.0 Å². The molecule has 0 unspecified atom stereocenters. The highest BCUT2D eigenvalue weighted by atomic mass is 32.2. The van der Waals surface area contributed by atoms with E-state index < -0.39 is 39.1 Å². The van der Waals surface area contributed by atoms with Crippen molar-refractivity contribution < 1.29 is 27.3 Å². The molecule has 1 amide bonds. The zero-order valence-corrected chi connectivity index (χ0v) is 22.9. The van der Waals surface area contributed by atoms with Crippen LogP contribution in [0.15, 0.2) is 47.0 Å². The number of amides is 1. The van der Waals surface area contributed by atoms with Crippen LogP contribution in [0.25, 0.3) is 11.3 Å². The van der Waals surface area contributed by atoms with E-state index in [2.05, 4.69) is 19.6 Å². The summed E-state index contributed by atoms with van der Waals surface area (Å²) in [6, 6.07) is 9.06. The van der Waals surface area contributed by atoms with Crippen LogP contribution in [-0.4, -0.2) is 40.9 Å². The molecule has 3 N–H and O–H groups in total. The van der Waals surface area contributed by atoms with E-state index in [9.17, 15) is 17.8 Å². The van der Waals surface area contributed by atoms with Crippen molar-refractivity contribution in [2.24, 2.45) is 10.1 Å². The lowest BCUT2D eigenvalue weighted by atomic mass is 9.68. The van der Waals surface area contributed by atoms with E-state index in [0.29, 0.717) is 36.4 Å². The molecule has 0 saturated heterocycles. The number of nitrogens with two attached hydrogens (primary N) is 1. The molecule has 1 aliphatic rings. The number of nitrogens with zero attached hydrogens (tertiary/aromatic N) is 3. The summed E-state index contributed by atoms with van der Waals surface area (Å²) in [6.45, 7) is 5.70. The number of anilines is 2. The van der Waals surface area contributed by atoms with Gasteiger partial charge in [-0.2, -0.15) is 10.6 Å². The summed E-state index contributed by atoms with van der Waals surface area (Å²) in [7, 11) is -1.66. The van der Waals surface area contributed by atoms with Crippen LogP contribution in [0, 0.1) is 11.6 Å². The van der Waals surface area contributed by atoms with Gasteiger partial charge in [-0.25, -0.2) is 18.7 Å². The number of fused-ring (bicyclic) bond motifs is 6. The number of carbonyl (C=O) groups is 1. The fourth-order valence-electron chi connectivity index (χ4n) is 4.25. The Labute approximate surface area is 227 Å². The third-order valence-corrected chi connectivity index (χ3v) is 7.52. The number of primary amides is 1. The van der Waals surface area contributed by atoms with Crippen LogP contribution in [0.5, 0.6) is 11.5 Å². The van der Waals surface area contributed by atoms with Crippen LogP contribution < -0.4 is 20.5 Å². The summed E-state index contributed by atoms with van der Waals surface area (Å²) >= 11 is 0. The number of aromatic nitrogens is 2. The van der Waals surface area contributed by atoms with Crippen molar-refractivity contribution in [1.82, 2.24) is 9.97 Å². The number of rotatable bonds is 4. The predicted octanol–water partition coefficient (Wildman–Crippen LogP) is 5.02. The first-order chi connectivity index (χ1) is 18.4. The molecular weight excluding hydrogens is 528 g/mol. The van der Waals surface area contributed by atoms with Gasteiger partial charge in [-0.15, -0.1) is 6.26 Å². The highest BCUT2D eigenvalue weighted by Gasteiger charge is 2.45. The summed E-state index contributed by atoms with van der Waals surface area (Å²) in [5.74, 6) is -1.24. The first kappa shape index (κ1) is 28.2. The van der Waals surface area contributed by atoms with E-state index in [1.807, 2.05) is 0 Å². The number of nitrogens with one attached hydrogen (secondary N) is 1. The van der Waals surface area contributed by atoms with Crippen LogP contribution in [0.2, 0.25) is 0 Å². The Balaban J connectivity index is 1.85. The van der Waals surface area contributed by atoms with E-state index in [4.69, 9.17) is 15.2 Å². The zero-order valence-electron chi connectivity index (χ0n) is 22.1. The molecule has 4 bridgehead atoms. The number of hydrogen-bond acceptors (Lipinski definition) is 9. The van der Waals surface area contributed by atoms with Gasteiger partial charge in [0.25, 0.3) is 0 Å². The normalized spacial score (nSPS) is 16.3. The molecule has 4 rings (SSSR count). The number of halogens is 2. The minimum Gasteiger partial charge on any atom is -0.494 e. The summed E-state index contributed by atoms with van der Waals surface area (Å²) in [4.78, 5) is 21.0. The molecule has 12 heteroatoms. The molecule has 0 spiro atoms. The highest BCUT2D eigenvalue weighted by molar-refractivity contribution is 7.74. The van der Waals surface area contributed by atoms with E-state index in [-0.39, 0.29) is 29.6 Å². The largest absolute Gasteiger partial charge is 0.494 e. The van der Waals surface area contributed by atoms with E-state index >= 15 is 0 Å². The maximum atomic E-state index is 14.9. The summed E-state index contributed by atoms with van der Waals surface area (Å²) in [6.07, 6.45) is 3.59. The molecule has 2 aromatic carbocycles. The lowest BCUT2D eigenvalue weighted by Gasteiger charge is -2.41. The van der Waals surface area contributed by atoms with Gasteiger partial charge in [-0.3, -0.25) is 4.79 Å². The number of carbonyl (C=O) groups excluding carboxylic acids is 1. The third kappa shape index (κ3) is 5.95. The van der Waals surface area contributed by atoms with Crippen LogP contribution >= 0.6 is 0 Å². The molecule has 0 aliphatic carbocycles.